The molecule has 4 atom stereocenters. The van der Waals surface area contributed by atoms with Crippen LogP contribution in [0.15, 0.2) is 0 Å². The molecule has 0 aromatic heterocycles. The topological polar surface area (TPSA) is 57.0 Å². The maximum absolute atomic E-state index is 12.2. The van der Waals surface area contributed by atoms with Crippen molar-refractivity contribution in [3.8, 4) is 0 Å². The highest BCUT2D eigenvalue weighted by atomic mass is 16.6. The van der Waals surface area contributed by atoms with E-state index in [1.54, 1.807) is 0 Å². The van der Waals surface area contributed by atoms with Gasteiger partial charge in [-0.25, -0.2) is 6.57 Å². The van der Waals surface area contributed by atoms with Crippen LogP contribution in [-0.2, 0) is 19.1 Å². The largest absolute Gasteiger partial charge is 0.458 e. The van der Waals surface area contributed by atoms with E-state index in [4.69, 9.17) is 16.0 Å². The molecule has 1 heterocycles. The molecular weight excluding hydrogens is 258 g/mol. The van der Waals surface area contributed by atoms with Crippen molar-refractivity contribution in [1.29, 1.82) is 0 Å². The Bertz CT molecular complexity index is 451. The van der Waals surface area contributed by atoms with E-state index in [-0.39, 0.29) is 30.0 Å². The van der Waals surface area contributed by atoms with Gasteiger partial charge in [-0.1, -0.05) is 6.92 Å². The standard InChI is InChI=1S/C15H21NO4/c1-5-15(2,3)14(18)19-11-8-10(16-4)6-9-7-12(17)20-13(9)11/h9-11,13H,5-8H2,1-3H3. The summed E-state index contributed by atoms with van der Waals surface area (Å²) in [6.07, 6.45) is 1.30. The second kappa shape index (κ2) is 5.43. The lowest BCUT2D eigenvalue weighted by atomic mass is 9.81. The number of hydrogen-bond donors (Lipinski definition) is 0. The Morgan fingerprint density at radius 2 is 2.20 bits per heavy atom. The number of carbonyl (C=O) groups excluding carboxylic acids is 2. The van der Waals surface area contributed by atoms with Crippen molar-refractivity contribution >= 4 is 11.9 Å². The van der Waals surface area contributed by atoms with Crippen LogP contribution in [0.3, 0.4) is 0 Å². The molecule has 2 fully saturated rings. The summed E-state index contributed by atoms with van der Waals surface area (Å²) in [7, 11) is 0. The van der Waals surface area contributed by atoms with E-state index >= 15 is 0 Å². The van der Waals surface area contributed by atoms with Gasteiger partial charge in [-0.15, -0.1) is 0 Å². The smallest absolute Gasteiger partial charge is 0.311 e. The highest BCUT2D eigenvalue weighted by molar-refractivity contribution is 5.76. The van der Waals surface area contributed by atoms with Crippen LogP contribution in [0.4, 0.5) is 0 Å². The molecule has 1 saturated carbocycles. The lowest BCUT2D eigenvalue weighted by Crippen LogP contribution is -2.44. The zero-order valence-electron chi connectivity index (χ0n) is 12.2. The monoisotopic (exact) mass is 279 g/mol. The molecule has 0 aromatic carbocycles. The molecule has 0 radical (unpaired) electrons. The Labute approximate surface area is 119 Å². The van der Waals surface area contributed by atoms with E-state index < -0.39 is 11.5 Å². The third kappa shape index (κ3) is 2.79. The first-order valence-corrected chi connectivity index (χ1v) is 7.14. The second-order valence-corrected chi connectivity index (χ2v) is 6.35. The Morgan fingerprint density at radius 3 is 2.80 bits per heavy atom. The van der Waals surface area contributed by atoms with E-state index in [9.17, 15) is 9.59 Å². The summed E-state index contributed by atoms with van der Waals surface area (Å²) in [5.74, 6) is -0.517. The minimum atomic E-state index is -0.552. The van der Waals surface area contributed by atoms with Crippen LogP contribution >= 0.6 is 0 Å². The average molecular weight is 279 g/mol. The number of ether oxygens (including phenoxy) is 2. The predicted molar refractivity (Wildman–Crippen MR) is 71.6 cm³/mol. The molecule has 20 heavy (non-hydrogen) atoms. The first kappa shape index (κ1) is 14.8. The van der Waals surface area contributed by atoms with Crippen molar-refractivity contribution in [3.63, 3.8) is 0 Å². The van der Waals surface area contributed by atoms with Crippen molar-refractivity contribution in [2.24, 2.45) is 11.3 Å². The number of hydrogen-bond acceptors (Lipinski definition) is 4. The van der Waals surface area contributed by atoms with E-state index in [0.29, 0.717) is 25.7 Å². The van der Waals surface area contributed by atoms with Gasteiger partial charge in [-0.2, -0.15) is 0 Å². The average Bonchev–Trinajstić information content (AvgIpc) is 2.78. The lowest BCUT2D eigenvalue weighted by Gasteiger charge is -2.33. The summed E-state index contributed by atoms with van der Waals surface area (Å²) in [4.78, 5) is 27.2. The first-order chi connectivity index (χ1) is 9.37. The maximum atomic E-state index is 12.2. The minimum absolute atomic E-state index is 0.0119. The second-order valence-electron chi connectivity index (χ2n) is 6.35. The van der Waals surface area contributed by atoms with Gasteiger partial charge in [0.1, 0.15) is 12.2 Å². The van der Waals surface area contributed by atoms with Crippen molar-refractivity contribution in [3.05, 3.63) is 11.4 Å². The third-order valence-electron chi connectivity index (χ3n) is 4.48. The summed E-state index contributed by atoms with van der Waals surface area (Å²) in [6.45, 7) is 12.8. The molecule has 0 spiro atoms. The van der Waals surface area contributed by atoms with Gasteiger partial charge in [0.05, 0.1) is 18.3 Å². The maximum Gasteiger partial charge on any atom is 0.311 e. The van der Waals surface area contributed by atoms with Crippen molar-refractivity contribution in [2.75, 3.05) is 0 Å². The SMILES string of the molecule is [C-]#[N+]C1CC2CC(=O)OC2C(OC(=O)C(C)(C)CC)C1. The van der Waals surface area contributed by atoms with E-state index in [2.05, 4.69) is 4.85 Å². The Morgan fingerprint density at radius 1 is 1.50 bits per heavy atom. The lowest BCUT2D eigenvalue weighted by molar-refractivity contribution is -0.173. The van der Waals surface area contributed by atoms with Gasteiger partial charge in [-0.05, 0) is 20.3 Å². The molecule has 1 aliphatic heterocycles. The molecule has 2 aliphatic rings. The fraction of sp³-hybridized carbons (Fsp3) is 0.800. The van der Waals surface area contributed by atoms with Gasteiger partial charge in [-0.3, -0.25) is 9.59 Å². The quantitative estimate of drug-likeness (QED) is 0.588. The third-order valence-corrected chi connectivity index (χ3v) is 4.48. The van der Waals surface area contributed by atoms with Gasteiger partial charge >= 0.3 is 11.9 Å². The number of esters is 2. The zero-order chi connectivity index (χ0) is 14.9. The zero-order valence-corrected chi connectivity index (χ0v) is 12.2. The van der Waals surface area contributed by atoms with Crippen molar-refractivity contribution in [2.45, 2.75) is 64.7 Å². The molecule has 0 aromatic rings. The molecule has 1 aliphatic carbocycles. The number of nitrogens with zero attached hydrogens (tertiary/aromatic N) is 1. The van der Waals surface area contributed by atoms with Crippen LogP contribution in [0.5, 0.6) is 0 Å². The van der Waals surface area contributed by atoms with Crippen LogP contribution in [0.2, 0.25) is 0 Å². The molecular formula is C15H21NO4. The number of carbonyl (C=O) groups is 2. The molecule has 5 heteroatoms. The van der Waals surface area contributed by atoms with E-state index in [0.717, 1.165) is 0 Å². The Hall–Kier alpha value is -1.57. The van der Waals surface area contributed by atoms with Gasteiger partial charge < -0.3 is 14.3 Å². The number of rotatable bonds is 3. The molecule has 0 bridgehead atoms. The number of fused-ring (bicyclic) bond motifs is 1. The summed E-state index contributed by atoms with van der Waals surface area (Å²) in [5, 5.41) is 0. The van der Waals surface area contributed by atoms with Crippen molar-refractivity contribution < 1.29 is 19.1 Å². The van der Waals surface area contributed by atoms with E-state index in [1.807, 2.05) is 20.8 Å². The molecule has 0 N–H and O–H groups in total. The summed E-state index contributed by atoms with van der Waals surface area (Å²) in [6, 6.07) is -0.187. The van der Waals surface area contributed by atoms with Gasteiger partial charge in [0, 0.05) is 12.3 Å². The molecule has 4 unspecified atom stereocenters. The highest BCUT2D eigenvalue weighted by Crippen LogP contribution is 2.38. The molecule has 5 nitrogen and oxygen atoms in total. The van der Waals surface area contributed by atoms with E-state index in [1.165, 1.54) is 0 Å². The van der Waals surface area contributed by atoms with Crippen LogP contribution in [0.1, 0.15) is 46.5 Å². The Kier molecular flexibility index (Phi) is 4.03. The van der Waals surface area contributed by atoms with Gasteiger partial charge in [0.25, 0.3) is 0 Å². The fourth-order valence-corrected chi connectivity index (χ4v) is 2.73. The van der Waals surface area contributed by atoms with Crippen LogP contribution in [0, 0.1) is 17.9 Å². The summed E-state index contributed by atoms with van der Waals surface area (Å²) < 4.78 is 10.9. The van der Waals surface area contributed by atoms with Crippen LogP contribution in [0.25, 0.3) is 4.85 Å². The summed E-state index contributed by atoms with van der Waals surface area (Å²) >= 11 is 0. The normalized spacial score (nSPS) is 33.0. The molecule has 0 amide bonds. The molecule has 110 valence electrons. The van der Waals surface area contributed by atoms with Gasteiger partial charge in [0.15, 0.2) is 0 Å². The van der Waals surface area contributed by atoms with Crippen LogP contribution < -0.4 is 0 Å². The minimum Gasteiger partial charge on any atom is -0.458 e. The van der Waals surface area contributed by atoms with Gasteiger partial charge in [0.2, 0.25) is 6.04 Å². The Balaban J connectivity index is 2.10. The highest BCUT2D eigenvalue weighted by Gasteiger charge is 2.50. The van der Waals surface area contributed by atoms with Crippen molar-refractivity contribution in [1.82, 2.24) is 0 Å². The molecule has 2 rings (SSSR count). The van der Waals surface area contributed by atoms with Crippen LogP contribution in [-0.4, -0.2) is 30.2 Å². The fourth-order valence-electron chi connectivity index (χ4n) is 2.73. The summed E-state index contributed by atoms with van der Waals surface area (Å²) in [5.41, 5.74) is -0.552. The predicted octanol–water partition coefficient (Wildman–Crippen LogP) is 2.35. The first-order valence-electron chi connectivity index (χ1n) is 7.14. The molecule has 1 saturated heterocycles.